The molecule has 2 saturated heterocycles. The van der Waals surface area contributed by atoms with Crippen molar-refractivity contribution in [3.63, 3.8) is 0 Å². The first-order chi connectivity index (χ1) is 10.7. The quantitative estimate of drug-likeness (QED) is 0.817. The molecule has 3 amide bonds. The molecule has 2 fully saturated rings. The number of amides is 3. The van der Waals surface area contributed by atoms with Gasteiger partial charge in [0.2, 0.25) is 5.91 Å². The van der Waals surface area contributed by atoms with Gasteiger partial charge in [-0.25, -0.2) is 4.79 Å². The van der Waals surface area contributed by atoms with Crippen LogP contribution >= 0.6 is 0 Å². The molecule has 2 N–H and O–H groups in total. The summed E-state index contributed by atoms with van der Waals surface area (Å²) in [6, 6.07) is 5.57. The summed E-state index contributed by atoms with van der Waals surface area (Å²) in [6.07, 6.45) is 3.29. The highest BCUT2D eigenvalue weighted by Crippen LogP contribution is 2.41. The van der Waals surface area contributed by atoms with Crippen LogP contribution in [0.3, 0.4) is 0 Å². The zero-order chi connectivity index (χ0) is 15.2. The minimum absolute atomic E-state index is 0.0771. The smallest absolute Gasteiger partial charge is 0.328 e. The van der Waals surface area contributed by atoms with E-state index in [0.717, 1.165) is 43.8 Å². The summed E-state index contributed by atoms with van der Waals surface area (Å²) in [5.41, 5.74) is 1.92. The topological polar surface area (TPSA) is 70.7 Å². The number of benzene rings is 1. The molecule has 3 aliphatic heterocycles. The van der Waals surface area contributed by atoms with E-state index in [2.05, 4.69) is 10.6 Å². The molecule has 0 atom stereocenters. The highest BCUT2D eigenvalue weighted by Gasteiger charge is 2.40. The van der Waals surface area contributed by atoms with Gasteiger partial charge in [-0.1, -0.05) is 6.07 Å². The molecule has 22 heavy (non-hydrogen) atoms. The van der Waals surface area contributed by atoms with Gasteiger partial charge in [-0.15, -0.1) is 0 Å². The summed E-state index contributed by atoms with van der Waals surface area (Å²) in [5.74, 6) is 0.663. The van der Waals surface area contributed by atoms with Crippen LogP contribution < -0.4 is 20.3 Å². The predicted octanol–water partition coefficient (Wildman–Crippen LogP) is 1.19. The first-order valence-electron chi connectivity index (χ1n) is 7.79. The van der Waals surface area contributed by atoms with E-state index in [9.17, 15) is 9.59 Å². The molecule has 4 rings (SSSR count). The lowest BCUT2D eigenvalue weighted by molar-refractivity contribution is -0.120. The van der Waals surface area contributed by atoms with Crippen molar-refractivity contribution in [2.75, 3.05) is 24.5 Å². The molecule has 0 radical (unpaired) electrons. The van der Waals surface area contributed by atoms with Crippen LogP contribution in [0.25, 0.3) is 0 Å². The molecule has 1 spiro atoms. The standard InChI is InChI=1S/C16H19N3O3/c20-14-3-8-19(15(21)18-14)12-2-1-11-10-16(22-13(11)9-12)4-6-17-7-5-16/h1-2,9,17H,3-8,10H2,(H,18,20,21). The minimum atomic E-state index is -0.356. The Hall–Kier alpha value is -2.08. The molecule has 116 valence electrons. The maximum absolute atomic E-state index is 11.9. The highest BCUT2D eigenvalue weighted by atomic mass is 16.5. The lowest BCUT2D eigenvalue weighted by Gasteiger charge is -2.33. The van der Waals surface area contributed by atoms with Crippen molar-refractivity contribution >= 4 is 17.6 Å². The van der Waals surface area contributed by atoms with Gasteiger partial charge in [-0.2, -0.15) is 0 Å². The predicted molar refractivity (Wildman–Crippen MR) is 81.1 cm³/mol. The van der Waals surface area contributed by atoms with Crippen LogP contribution in [0.2, 0.25) is 0 Å². The van der Waals surface area contributed by atoms with E-state index in [1.54, 1.807) is 4.90 Å². The van der Waals surface area contributed by atoms with E-state index in [1.165, 1.54) is 5.56 Å². The lowest BCUT2D eigenvalue weighted by Crippen LogP contribution is -2.49. The van der Waals surface area contributed by atoms with E-state index >= 15 is 0 Å². The van der Waals surface area contributed by atoms with Crippen molar-refractivity contribution in [1.29, 1.82) is 0 Å². The first-order valence-corrected chi connectivity index (χ1v) is 7.79. The third-order valence-corrected chi connectivity index (χ3v) is 4.77. The van der Waals surface area contributed by atoms with E-state index in [4.69, 9.17) is 4.74 Å². The second-order valence-electron chi connectivity index (χ2n) is 6.26. The van der Waals surface area contributed by atoms with E-state index in [0.29, 0.717) is 13.0 Å². The van der Waals surface area contributed by atoms with Gasteiger partial charge in [0.15, 0.2) is 0 Å². The maximum Gasteiger partial charge on any atom is 0.328 e. The zero-order valence-corrected chi connectivity index (χ0v) is 12.4. The van der Waals surface area contributed by atoms with Gasteiger partial charge in [0.25, 0.3) is 0 Å². The lowest BCUT2D eigenvalue weighted by atomic mass is 9.88. The van der Waals surface area contributed by atoms with Crippen molar-refractivity contribution in [3.05, 3.63) is 23.8 Å². The second kappa shape index (κ2) is 4.98. The number of fused-ring (bicyclic) bond motifs is 1. The number of urea groups is 1. The number of carbonyl (C=O) groups is 2. The summed E-state index contributed by atoms with van der Waals surface area (Å²) >= 11 is 0. The Morgan fingerprint density at radius 3 is 2.77 bits per heavy atom. The van der Waals surface area contributed by atoms with Gasteiger partial charge in [0.05, 0.1) is 0 Å². The first kappa shape index (κ1) is 13.6. The molecule has 0 aromatic heterocycles. The number of hydrogen-bond acceptors (Lipinski definition) is 4. The largest absolute Gasteiger partial charge is 0.486 e. The fourth-order valence-electron chi connectivity index (χ4n) is 3.54. The van der Waals surface area contributed by atoms with Crippen LogP contribution in [0.1, 0.15) is 24.8 Å². The van der Waals surface area contributed by atoms with Gasteiger partial charge in [-0.3, -0.25) is 15.0 Å². The molecule has 6 nitrogen and oxygen atoms in total. The molecule has 0 bridgehead atoms. The Labute approximate surface area is 128 Å². The molecule has 6 heteroatoms. The Morgan fingerprint density at radius 2 is 2.00 bits per heavy atom. The van der Waals surface area contributed by atoms with Gasteiger partial charge >= 0.3 is 6.03 Å². The molecular weight excluding hydrogens is 282 g/mol. The zero-order valence-electron chi connectivity index (χ0n) is 12.4. The normalized spacial score (nSPS) is 23.2. The molecule has 0 unspecified atom stereocenters. The molecule has 0 saturated carbocycles. The van der Waals surface area contributed by atoms with Crippen molar-refractivity contribution in [1.82, 2.24) is 10.6 Å². The van der Waals surface area contributed by atoms with Gasteiger partial charge in [-0.05, 0) is 37.6 Å². The Morgan fingerprint density at radius 1 is 1.18 bits per heavy atom. The van der Waals surface area contributed by atoms with Crippen LogP contribution in [-0.4, -0.2) is 37.2 Å². The Bertz CT molecular complexity index is 638. The summed E-state index contributed by atoms with van der Waals surface area (Å²) in [4.78, 5) is 24.8. The number of anilines is 1. The number of imide groups is 1. The third kappa shape index (κ3) is 2.23. The van der Waals surface area contributed by atoms with Crippen LogP contribution in [-0.2, 0) is 11.2 Å². The molecule has 3 aliphatic rings. The number of hydrogen-bond donors (Lipinski definition) is 2. The summed E-state index contributed by atoms with van der Waals surface area (Å²) < 4.78 is 6.26. The maximum atomic E-state index is 11.9. The fraction of sp³-hybridized carbons (Fsp3) is 0.500. The van der Waals surface area contributed by atoms with E-state index in [1.807, 2.05) is 18.2 Å². The average molecular weight is 301 g/mol. The number of piperidine rings is 1. The third-order valence-electron chi connectivity index (χ3n) is 4.77. The number of rotatable bonds is 1. The van der Waals surface area contributed by atoms with Crippen molar-refractivity contribution < 1.29 is 14.3 Å². The number of carbonyl (C=O) groups excluding carboxylic acids is 2. The number of nitrogens with zero attached hydrogens (tertiary/aromatic N) is 1. The number of ether oxygens (including phenoxy) is 1. The Kier molecular flexibility index (Phi) is 3.07. The van der Waals surface area contributed by atoms with E-state index in [-0.39, 0.29) is 17.5 Å². The second-order valence-corrected chi connectivity index (χ2v) is 6.26. The van der Waals surface area contributed by atoms with Crippen molar-refractivity contribution in [2.24, 2.45) is 0 Å². The molecule has 1 aromatic rings. The minimum Gasteiger partial charge on any atom is -0.486 e. The highest BCUT2D eigenvalue weighted by molar-refractivity contribution is 6.05. The molecule has 0 aliphatic carbocycles. The van der Waals surface area contributed by atoms with E-state index < -0.39 is 0 Å². The van der Waals surface area contributed by atoms with Crippen LogP contribution in [0.15, 0.2) is 18.2 Å². The van der Waals surface area contributed by atoms with Gasteiger partial charge in [0, 0.05) is 31.1 Å². The Balaban J connectivity index is 1.58. The average Bonchev–Trinajstić information content (AvgIpc) is 2.84. The van der Waals surface area contributed by atoms with Crippen molar-refractivity contribution in [2.45, 2.75) is 31.3 Å². The van der Waals surface area contributed by atoms with Crippen LogP contribution in [0, 0.1) is 0 Å². The molecule has 3 heterocycles. The van der Waals surface area contributed by atoms with Crippen molar-refractivity contribution in [3.8, 4) is 5.75 Å². The van der Waals surface area contributed by atoms with Gasteiger partial charge in [0.1, 0.15) is 11.4 Å². The monoisotopic (exact) mass is 301 g/mol. The summed E-state index contributed by atoms with van der Waals surface area (Å²) in [7, 11) is 0. The van der Waals surface area contributed by atoms with Crippen LogP contribution in [0.5, 0.6) is 5.75 Å². The van der Waals surface area contributed by atoms with Crippen LogP contribution in [0.4, 0.5) is 10.5 Å². The fourth-order valence-corrected chi connectivity index (χ4v) is 3.54. The summed E-state index contributed by atoms with van der Waals surface area (Å²) in [5, 5.41) is 5.71. The SMILES string of the molecule is O=C1CCN(c2ccc3c(c2)OC2(CCNCC2)C3)C(=O)N1. The number of nitrogens with one attached hydrogen (secondary N) is 2. The molecule has 1 aromatic carbocycles. The molecular formula is C16H19N3O3. The van der Waals surface area contributed by atoms with Gasteiger partial charge < -0.3 is 10.1 Å². The summed E-state index contributed by atoms with van der Waals surface area (Å²) in [6.45, 7) is 2.38.